The van der Waals surface area contributed by atoms with Crippen molar-refractivity contribution in [1.29, 1.82) is 0 Å². The molecule has 1 nitrogen and oxygen atoms in total. The summed E-state index contributed by atoms with van der Waals surface area (Å²) in [5, 5.41) is 9.46. The van der Waals surface area contributed by atoms with E-state index in [-0.39, 0.29) is 0 Å². The Bertz CT molecular complexity index is 299. The average Bonchev–Trinajstić information content (AvgIpc) is 2.03. The van der Waals surface area contributed by atoms with E-state index in [1.165, 1.54) is 6.08 Å². The first kappa shape index (κ1) is 10.2. The van der Waals surface area contributed by atoms with E-state index >= 15 is 0 Å². The van der Waals surface area contributed by atoms with E-state index in [1.54, 1.807) is 0 Å². The van der Waals surface area contributed by atoms with Gasteiger partial charge in [0.25, 0.3) is 0 Å². The molecule has 1 aromatic carbocycles. The molecule has 64 valence electrons. The number of aliphatic hydroxyl groups is 1. The Kier molecular flexibility index (Phi) is 3.74. The van der Waals surface area contributed by atoms with Gasteiger partial charge in [0.05, 0.1) is 6.10 Å². The molecule has 1 unspecified atom stereocenters. The highest BCUT2D eigenvalue weighted by Crippen LogP contribution is 2.24. The molecule has 0 fully saturated rings. The zero-order valence-electron chi connectivity index (χ0n) is 6.30. The average molecular weight is 339 g/mol. The maximum atomic E-state index is 9.46. The Morgan fingerprint density at radius 3 is 2.75 bits per heavy atom. The van der Waals surface area contributed by atoms with E-state index < -0.39 is 6.10 Å². The lowest BCUT2D eigenvalue weighted by molar-refractivity contribution is 0.228. The van der Waals surface area contributed by atoms with Gasteiger partial charge in [-0.25, -0.2) is 0 Å². The number of aliphatic hydroxyl groups excluding tert-OH is 1. The molecular formula is C9H8BrIO. The van der Waals surface area contributed by atoms with E-state index in [0.717, 1.165) is 13.6 Å². The highest BCUT2D eigenvalue weighted by molar-refractivity contribution is 14.1. The van der Waals surface area contributed by atoms with E-state index in [1.807, 2.05) is 18.2 Å². The van der Waals surface area contributed by atoms with Crippen molar-refractivity contribution in [2.45, 2.75) is 6.10 Å². The van der Waals surface area contributed by atoms with Crippen LogP contribution in [-0.2, 0) is 0 Å². The summed E-state index contributed by atoms with van der Waals surface area (Å²) >= 11 is 5.54. The monoisotopic (exact) mass is 338 g/mol. The quantitative estimate of drug-likeness (QED) is 0.648. The lowest BCUT2D eigenvalue weighted by atomic mass is 10.1. The van der Waals surface area contributed by atoms with Crippen LogP contribution in [0.2, 0.25) is 0 Å². The minimum absolute atomic E-state index is 0.565. The second-order valence-electron chi connectivity index (χ2n) is 2.35. The van der Waals surface area contributed by atoms with Gasteiger partial charge in [0.2, 0.25) is 0 Å². The molecule has 1 N–H and O–H groups in total. The van der Waals surface area contributed by atoms with Crippen molar-refractivity contribution in [3.05, 3.63) is 44.5 Å². The van der Waals surface area contributed by atoms with Gasteiger partial charge in [0.1, 0.15) is 0 Å². The van der Waals surface area contributed by atoms with Crippen molar-refractivity contribution in [3.8, 4) is 0 Å². The summed E-state index contributed by atoms with van der Waals surface area (Å²) in [5.74, 6) is 0. The van der Waals surface area contributed by atoms with Crippen molar-refractivity contribution >= 4 is 38.5 Å². The highest BCUT2D eigenvalue weighted by atomic mass is 127. The van der Waals surface area contributed by atoms with Crippen LogP contribution in [0.25, 0.3) is 0 Å². The third kappa shape index (κ3) is 2.31. The summed E-state index contributed by atoms with van der Waals surface area (Å²) in [6.45, 7) is 3.54. The third-order valence-corrected chi connectivity index (χ3v) is 2.93. The molecule has 1 atom stereocenters. The van der Waals surface area contributed by atoms with Gasteiger partial charge >= 0.3 is 0 Å². The van der Waals surface area contributed by atoms with Crippen LogP contribution in [0, 0.1) is 3.57 Å². The molecule has 0 aliphatic carbocycles. The molecule has 0 aliphatic rings. The standard InChI is InChI=1S/C9H8BrIO/c1-2-9(12)7-4-3-6(10)5-8(7)11/h2-5,9,12H,1H2. The lowest BCUT2D eigenvalue weighted by Gasteiger charge is -2.07. The zero-order valence-corrected chi connectivity index (χ0v) is 10.0. The van der Waals surface area contributed by atoms with Gasteiger partial charge in [0, 0.05) is 8.04 Å². The van der Waals surface area contributed by atoms with Crippen LogP contribution in [0.4, 0.5) is 0 Å². The molecular weight excluding hydrogens is 331 g/mol. The van der Waals surface area contributed by atoms with Crippen LogP contribution < -0.4 is 0 Å². The fourth-order valence-corrected chi connectivity index (χ4v) is 2.49. The second kappa shape index (κ2) is 4.39. The van der Waals surface area contributed by atoms with Crippen molar-refractivity contribution < 1.29 is 5.11 Å². The van der Waals surface area contributed by atoms with Gasteiger partial charge in [0.15, 0.2) is 0 Å². The molecule has 0 saturated heterocycles. The van der Waals surface area contributed by atoms with Gasteiger partial charge in [-0.2, -0.15) is 0 Å². The number of benzene rings is 1. The topological polar surface area (TPSA) is 20.2 Å². The Morgan fingerprint density at radius 2 is 2.25 bits per heavy atom. The summed E-state index contributed by atoms with van der Waals surface area (Å²) in [6, 6.07) is 5.75. The summed E-state index contributed by atoms with van der Waals surface area (Å²) in [5.41, 5.74) is 0.897. The smallest absolute Gasteiger partial charge is 0.0979 e. The van der Waals surface area contributed by atoms with Gasteiger partial charge in [-0.15, -0.1) is 6.58 Å². The third-order valence-electron chi connectivity index (χ3n) is 1.50. The van der Waals surface area contributed by atoms with Crippen molar-refractivity contribution in [3.63, 3.8) is 0 Å². The van der Waals surface area contributed by atoms with Crippen LogP contribution in [0.3, 0.4) is 0 Å². The minimum atomic E-state index is -0.565. The molecule has 0 aromatic heterocycles. The van der Waals surface area contributed by atoms with Crippen LogP contribution in [0.5, 0.6) is 0 Å². The van der Waals surface area contributed by atoms with Gasteiger partial charge in [-0.1, -0.05) is 28.1 Å². The van der Waals surface area contributed by atoms with E-state index in [4.69, 9.17) is 0 Å². The predicted molar refractivity (Wildman–Crippen MR) is 62.0 cm³/mol. The molecule has 12 heavy (non-hydrogen) atoms. The minimum Gasteiger partial charge on any atom is -0.384 e. The SMILES string of the molecule is C=CC(O)c1ccc(Br)cc1I. The first-order chi connectivity index (χ1) is 5.65. The first-order valence-corrected chi connectivity index (χ1v) is 5.28. The van der Waals surface area contributed by atoms with Gasteiger partial charge in [-0.3, -0.25) is 0 Å². The summed E-state index contributed by atoms with van der Waals surface area (Å²) in [7, 11) is 0. The van der Waals surface area contributed by atoms with Gasteiger partial charge < -0.3 is 5.11 Å². The Hall–Kier alpha value is 0.130. The van der Waals surface area contributed by atoms with Crippen molar-refractivity contribution in [2.24, 2.45) is 0 Å². The maximum Gasteiger partial charge on any atom is 0.0979 e. The summed E-state index contributed by atoms with van der Waals surface area (Å²) in [4.78, 5) is 0. The number of hydrogen-bond donors (Lipinski definition) is 1. The Balaban J connectivity index is 3.09. The molecule has 0 amide bonds. The van der Waals surface area contributed by atoms with Crippen LogP contribution in [0.1, 0.15) is 11.7 Å². The molecule has 0 aliphatic heterocycles. The van der Waals surface area contributed by atoms with Crippen LogP contribution >= 0.6 is 38.5 Å². The predicted octanol–water partition coefficient (Wildman–Crippen LogP) is 3.27. The molecule has 1 aromatic rings. The van der Waals surface area contributed by atoms with Gasteiger partial charge in [-0.05, 0) is 40.3 Å². The summed E-state index contributed by atoms with van der Waals surface area (Å²) < 4.78 is 2.06. The second-order valence-corrected chi connectivity index (χ2v) is 4.42. The van der Waals surface area contributed by atoms with E-state index in [2.05, 4.69) is 45.1 Å². The molecule has 3 heteroatoms. The van der Waals surface area contributed by atoms with E-state index in [9.17, 15) is 5.11 Å². The fraction of sp³-hybridized carbons (Fsp3) is 0.111. The first-order valence-electron chi connectivity index (χ1n) is 3.40. The van der Waals surface area contributed by atoms with Crippen LogP contribution in [-0.4, -0.2) is 5.11 Å². The fourth-order valence-electron chi connectivity index (χ4n) is 0.868. The maximum absolute atomic E-state index is 9.46. The molecule has 0 spiro atoms. The van der Waals surface area contributed by atoms with Crippen molar-refractivity contribution in [2.75, 3.05) is 0 Å². The number of halogens is 2. The molecule has 0 radical (unpaired) electrons. The largest absolute Gasteiger partial charge is 0.384 e. The molecule has 0 heterocycles. The Morgan fingerprint density at radius 1 is 1.58 bits per heavy atom. The molecule has 0 bridgehead atoms. The van der Waals surface area contributed by atoms with E-state index in [0.29, 0.717) is 0 Å². The lowest BCUT2D eigenvalue weighted by Crippen LogP contribution is -1.95. The zero-order chi connectivity index (χ0) is 9.14. The Labute approximate surface area is 93.8 Å². The highest BCUT2D eigenvalue weighted by Gasteiger charge is 2.06. The molecule has 1 rings (SSSR count). The summed E-state index contributed by atoms with van der Waals surface area (Å²) in [6.07, 6.45) is 0.954. The normalized spacial score (nSPS) is 12.6. The van der Waals surface area contributed by atoms with Crippen molar-refractivity contribution in [1.82, 2.24) is 0 Å². The molecule has 0 saturated carbocycles. The number of hydrogen-bond acceptors (Lipinski definition) is 1. The number of rotatable bonds is 2. The van der Waals surface area contributed by atoms with Crippen LogP contribution in [0.15, 0.2) is 35.3 Å².